The molecule has 0 aromatic rings. The first-order valence-electron chi connectivity index (χ1n) is 7.63. The highest BCUT2D eigenvalue weighted by Crippen LogP contribution is 2.19. The summed E-state index contributed by atoms with van der Waals surface area (Å²) in [5.41, 5.74) is -0.426. The molecule has 0 bridgehead atoms. The van der Waals surface area contributed by atoms with Gasteiger partial charge in [0.05, 0.1) is 0 Å². The van der Waals surface area contributed by atoms with Crippen LogP contribution in [0.5, 0.6) is 0 Å². The molecule has 1 unspecified atom stereocenters. The Morgan fingerprint density at radius 1 is 1.35 bits per heavy atom. The Morgan fingerprint density at radius 3 is 2.75 bits per heavy atom. The molecule has 0 spiro atoms. The molecule has 1 heterocycles. The second kappa shape index (κ2) is 8.47. The van der Waals surface area contributed by atoms with Gasteiger partial charge in [0.1, 0.15) is 5.60 Å². The van der Waals surface area contributed by atoms with Crippen LogP contribution in [0.25, 0.3) is 0 Å². The van der Waals surface area contributed by atoms with Gasteiger partial charge in [-0.05, 0) is 53.0 Å². The van der Waals surface area contributed by atoms with Crippen molar-refractivity contribution in [3.05, 3.63) is 0 Å². The minimum absolute atomic E-state index is 0.180. The van der Waals surface area contributed by atoms with Crippen LogP contribution in [0.15, 0.2) is 0 Å². The normalized spacial score (nSPS) is 20.0. The van der Waals surface area contributed by atoms with Crippen molar-refractivity contribution >= 4 is 6.09 Å². The molecule has 1 saturated heterocycles. The minimum Gasteiger partial charge on any atom is -0.444 e. The second-order valence-corrected chi connectivity index (χ2v) is 6.37. The van der Waals surface area contributed by atoms with Crippen molar-refractivity contribution in [2.75, 3.05) is 33.4 Å². The lowest BCUT2D eigenvalue weighted by atomic mass is 10.0. The van der Waals surface area contributed by atoms with Gasteiger partial charge in [0.15, 0.2) is 0 Å². The maximum Gasteiger partial charge on any atom is 0.410 e. The summed E-state index contributed by atoms with van der Waals surface area (Å²) >= 11 is 0. The molecule has 0 aromatic carbocycles. The summed E-state index contributed by atoms with van der Waals surface area (Å²) in [6, 6.07) is 0.251. The number of amides is 1. The lowest BCUT2D eigenvalue weighted by Gasteiger charge is -2.37. The molecular formula is C15H30N2O3. The molecular weight excluding hydrogens is 256 g/mol. The third kappa shape index (κ3) is 6.57. The maximum atomic E-state index is 12.2. The van der Waals surface area contributed by atoms with Crippen LogP contribution in [0, 0.1) is 0 Å². The van der Waals surface area contributed by atoms with E-state index >= 15 is 0 Å². The summed E-state index contributed by atoms with van der Waals surface area (Å²) in [7, 11) is 1.71. The molecule has 1 fully saturated rings. The molecule has 5 nitrogen and oxygen atoms in total. The molecule has 1 rings (SSSR count). The van der Waals surface area contributed by atoms with Crippen molar-refractivity contribution in [3.8, 4) is 0 Å². The number of rotatable bonds is 6. The van der Waals surface area contributed by atoms with E-state index in [1.165, 1.54) is 6.42 Å². The van der Waals surface area contributed by atoms with Crippen LogP contribution in [0.4, 0.5) is 4.79 Å². The lowest BCUT2D eigenvalue weighted by Crippen LogP contribution is -2.50. The molecule has 20 heavy (non-hydrogen) atoms. The summed E-state index contributed by atoms with van der Waals surface area (Å²) in [5.74, 6) is 0. The standard InChI is InChI=1S/C15H30N2O3/c1-15(2,3)20-14(18)17-10-6-5-8-13(17)12-16-9-7-11-19-4/h13,16H,5-12H2,1-4H3. The smallest absolute Gasteiger partial charge is 0.410 e. The zero-order chi connectivity index (χ0) is 15.0. The average molecular weight is 286 g/mol. The first-order valence-corrected chi connectivity index (χ1v) is 7.63. The van der Waals surface area contributed by atoms with Crippen molar-refractivity contribution in [1.82, 2.24) is 10.2 Å². The molecule has 1 aliphatic rings. The molecule has 0 radical (unpaired) electrons. The third-order valence-corrected chi connectivity index (χ3v) is 3.34. The number of likely N-dealkylation sites (tertiary alicyclic amines) is 1. The van der Waals surface area contributed by atoms with Gasteiger partial charge in [-0.1, -0.05) is 0 Å². The Kier molecular flexibility index (Phi) is 7.30. The van der Waals surface area contributed by atoms with E-state index in [2.05, 4.69) is 5.32 Å². The van der Waals surface area contributed by atoms with Gasteiger partial charge in [-0.15, -0.1) is 0 Å². The Labute approximate surface area is 123 Å². The predicted octanol–water partition coefficient (Wildman–Crippen LogP) is 2.40. The number of piperidine rings is 1. The van der Waals surface area contributed by atoms with Gasteiger partial charge in [-0.25, -0.2) is 4.79 Å². The fourth-order valence-corrected chi connectivity index (χ4v) is 2.38. The van der Waals surface area contributed by atoms with Gasteiger partial charge in [0, 0.05) is 32.8 Å². The monoisotopic (exact) mass is 286 g/mol. The van der Waals surface area contributed by atoms with E-state index in [0.717, 1.165) is 45.5 Å². The van der Waals surface area contributed by atoms with Crippen LogP contribution in [-0.4, -0.2) is 56.0 Å². The van der Waals surface area contributed by atoms with Crippen molar-refractivity contribution < 1.29 is 14.3 Å². The van der Waals surface area contributed by atoms with E-state index in [0.29, 0.717) is 0 Å². The second-order valence-electron chi connectivity index (χ2n) is 6.37. The summed E-state index contributed by atoms with van der Waals surface area (Å²) < 4.78 is 10.5. The van der Waals surface area contributed by atoms with Crippen LogP contribution in [0.2, 0.25) is 0 Å². The largest absolute Gasteiger partial charge is 0.444 e. The molecule has 1 amide bonds. The summed E-state index contributed by atoms with van der Waals surface area (Å²) in [4.78, 5) is 14.1. The number of carbonyl (C=O) groups is 1. The van der Waals surface area contributed by atoms with E-state index in [1.54, 1.807) is 7.11 Å². The van der Waals surface area contributed by atoms with E-state index < -0.39 is 5.60 Å². The van der Waals surface area contributed by atoms with E-state index in [4.69, 9.17) is 9.47 Å². The SMILES string of the molecule is COCCCNCC1CCCCN1C(=O)OC(C)(C)C. The van der Waals surface area contributed by atoms with Gasteiger partial charge in [0.2, 0.25) is 0 Å². The highest BCUT2D eigenvalue weighted by molar-refractivity contribution is 5.68. The number of ether oxygens (including phenoxy) is 2. The zero-order valence-corrected chi connectivity index (χ0v) is 13.4. The number of methoxy groups -OCH3 is 1. The first-order chi connectivity index (χ1) is 9.44. The zero-order valence-electron chi connectivity index (χ0n) is 13.4. The number of nitrogens with one attached hydrogen (secondary N) is 1. The average Bonchev–Trinajstić information content (AvgIpc) is 2.37. The molecule has 0 saturated carbocycles. The Morgan fingerprint density at radius 2 is 2.10 bits per heavy atom. The van der Waals surface area contributed by atoms with Crippen molar-refractivity contribution in [2.45, 2.75) is 58.1 Å². The summed E-state index contributed by atoms with van der Waals surface area (Å²) in [6.07, 6.45) is 4.12. The molecule has 5 heteroatoms. The summed E-state index contributed by atoms with van der Waals surface area (Å²) in [6.45, 7) is 9.06. The van der Waals surface area contributed by atoms with Gasteiger partial charge >= 0.3 is 6.09 Å². The quantitative estimate of drug-likeness (QED) is 0.762. The van der Waals surface area contributed by atoms with Crippen LogP contribution >= 0.6 is 0 Å². The van der Waals surface area contributed by atoms with Gasteiger partial charge < -0.3 is 19.7 Å². The highest BCUT2D eigenvalue weighted by atomic mass is 16.6. The van der Waals surface area contributed by atoms with Crippen molar-refractivity contribution in [3.63, 3.8) is 0 Å². The number of nitrogens with zero attached hydrogens (tertiary/aromatic N) is 1. The van der Waals surface area contributed by atoms with Crippen LogP contribution < -0.4 is 5.32 Å². The van der Waals surface area contributed by atoms with E-state index in [9.17, 15) is 4.79 Å². The van der Waals surface area contributed by atoms with Crippen molar-refractivity contribution in [2.24, 2.45) is 0 Å². The van der Waals surface area contributed by atoms with Gasteiger partial charge in [-0.3, -0.25) is 0 Å². The molecule has 118 valence electrons. The topological polar surface area (TPSA) is 50.8 Å². The number of hydrogen-bond acceptors (Lipinski definition) is 4. The van der Waals surface area contributed by atoms with Crippen LogP contribution in [0.3, 0.4) is 0 Å². The van der Waals surface area contributed by atoms with Gasteiger partial charge in [0.25, 0.3) is 0 Å². The Bertz CT molecular complexity index is 289. The van der Waals surface area contributed by atoms with Crippen LogP contribution in [-0.2, 0) is 9.47 Å². The molecule has 0 aliphatic carbocycles. The number of carbonyl (C=O) groups excluding carboxylic acids is 1. The predicted molar refractivity (Wildman–Crippen MR) is 79.9 cm³/mol. The molecule has 1 N–H and O–H groups in total. The summed E-state index contributed by atoms with van der Waals surface area (Å²) in [5, 5.41) is 3.41. The molecule has 1 atom stereocenters. The van der Waals surface area contributed by atoms with Crippen molar-refractivity contribution in [1.29, 1.82) is 0 Å². The Hall–Kier alpha value is -0.810. The fraction of sp³-hybridized carbons (Fsp3) is 0.933. The van der Waals surface area contributed by atoms with Gasteiger partial charge in [-0.2, -0.15) is 0 Å². The molecule has 0 aromatic heterocycles. The third-order valence-electron chi connectivity index (χ3n) is 3.34. The fourth-order valence-electron chi connectivity index (χ4n) is 2.38. The van der Waals surface area contributed by atoms with Crippen LogP contribution in [0.1, 0.15) is 46.5 Å². The van der Waals surface area contributed by atoms with E-state index in [-0.39, 0.29) is 12.1 Å². The lowest BCUT2D eigenvalue weighted by molar-refractivity contribution is 0.00993. The van der Waals surface area contributed by atoms with E-state index in [1.807, 2.05) is 25.7 Å². The molecule has 1 aliphatic heterocycles. The Balaban J connectivity index is 2.39. The highest BCUT2D eigenvalue weighted by Gasteiger charge is 2.29. The minimum atomic E-state index is -0.426. The number of hydrogen-bond donors (Lipinski definition) is 1. The maximum absolute atomic E-state index is 12.2. The first kappa shape index (κ1) is 17.2.